The first-order valence-corrected chi connectivity index (χ1v) is 6.20. The van der Waals surface area contributed by atoms with Gasteiger partial charge < -0.3 is 10.8 Å². The third-order valence-electron chi connectivity index (χ3n) is 3.17. The van der Waals surface area contributed by atoms with E-state index in [9.17, 15) is 9.90 Å². The van der Waals surface area contributed by atoms with Crippen LogP contribution in [0.3, 0.4) is 0 Å². The van der Waals surface area contributed by atoms with Crippen molar-refractivity contribution in [2.24, 2.45) is 0 Å². The van der Waals surface area contributed by atoms with Crippen LogP contribution in [0.2, 0.25) is 0 Å². The lowest BCUT2D eigenvalue weighted by Crippen LogP contribution is -2.22. The number of hydrogen-bond donors (Lipinski definition) is 2. The Morgan fingerprint density at radius 1 is 1.10 bits per heavy atom. The van der Waals surface area contributed by atoms with E-state index in [0.29, 0.717) is 17.9 Å². The van der Waals surface area contributed by atoms with Gasteiger partial charge in [-0.3, -0.25) is 4.79 Å². The number of aromatic nitrogens is 2. The van der Waals surface area contributed by atoms with E-state index in [0.717, 1.165) is 5.56 Å². The van der Waals surface area contributed by atoms with Crippen LogP contribution in [0.1, 0.15) is 11.1 Å². The fourth-order valence-corrected chi connectivity index (χ4v) is 2.18. The van der Waals surface area contributed by atoms with Crippen molar-refractivity contribution in [1.29, 1.82) is 0 Å². The molecule has 3 aromatic rings. The zero-order valence-electron chi connectivity index (χ0n) is 10.7. The maximum atomic E-state index is 12.5. The Labute approximate surface area is 114 Å². The highest BCUT2D eigenvalue weighted by Gasteiger charge is 2.13. The van der Waals surface area contributed by atoms with Crippen molar-refractivity contribution in [2.45, 2.75) is 6.42 Å². The Morgan fingerprint density at radius 2 is 1.85 bits per heavy atom. The predicted molar refractivity (Wildman–Crippen MR) is 76.8 cm³/mol. The zero-order chi connectivity index (χ0) is 14.1. The fourth-order valence-electron chi connectivity index (χ4n) is 2.18. The number of pyridine rings is 1. The lowest BCUT2D eigenvalue weighted by molar-refractivity contribution is 0.446. The molecule has 0 fully saturated rings. The van der Waals surface area contributed by atoms with Crippen LogP contribution >= 0.6 is 0 Å². The largest absolute Gasteiger partial charge is 0.493 e. The summed E-state index contributed by atoms with van der Waals surface area (Å²) >= 11 is 0. The molecule has 0 spiro atoms. The van der Waals surface area contributed by atoms with Gasteiger partial charge in [-0.05, 0) is 17.7 Å². The molecule has 5 heteroatoms. The molecule has 3 rings (SSSR count). The molecule has 0 bridgehead atoms. The van der Waals surface area contributed by atoms with Crippen molar-refractivity contribution in [3.8, 4) is 5.88 Å². The van der Waals surface area contributed by atoms with Gasteiger partial charge in [-0.2, -0.15) is 4.98 Å². The van der Waals surface area contributed by atoms with E-state index in [1.165, 1.54) is 4.40 Å². The van der Waals surface area contributed by atoms with Gasteiger partial charge >= 0.3 is 0 Å². The van der Waals surface area contributed by atoms with Crippen molar-refractivity contribution < 1.29 is 5.11 Å². The van der Waals surface area contributed by atoms with Gasteiger partial charge in [-0.25, -0.2) is 4.40 Å². The number of fused-ring (bicyclic) bond motifs is 1. The van der Waals surface area contributed by atoms with Crippen LogP contribution in [0.25, 0.3) is 5.65 Å². The molecule has 0 amide bonds. The number of nitrogens with two attached hydrogens (primary N) is 1. The molecule has 0 unspecified atom stereocenters. The van der Waals surface area contributed by atoms with Gasteiger partial charge in [0.1, 0.15) is 11.5 Å². The first-order valence-electron chi connectivity index (χ1n) is 6.20. The van der Waals surface area contributed by atoms with Crippen LogP contribution in [-0.2, 0) is 6.42 Å². The molecular formula is C15H13N3O2. The SMILES string of the molecule is Nc1cccc2nc(O)c(Cc3ccccc3)c(=O)n12. The molecule has 100 valence electrons. The van der Waals surface area contributed by atoms with Crippen molar-refractivity contribution in [3.05, 3.63) is 70.0 Å². The maximum absolute atomic E-state index is 12.5. The van der Waals surface area contributed by atoms with Crippen LogP contribution in [-0.4, -0.2) is 14.5 Å². The van der Waals surface area contributed by atoms with Gasteiger partial charge in [-0.15, -0.1) is 0 Å². The Morgan fingerprint density at radius 3 is 2.60 bits per heavy atom. The molecule has 0 saturated heterocycles. The number of anilines is 1. The second-order valence-corrected chi connectivity index (χ2v) is 4.53. The summed E-state index contributed by atoms with van der Waals surface area (Å²) in [5, 5.41) is 9.98. The van der Waals surface area contributed by atoms with Crippen LogP contribution in [0.5, 0.6) is 5.88 Å². The quantitative estimate of drug-likeness (QED) is 0.738. The van der Waals surface area contributed by atoms with Gasteiger partial charge in [0.25, 0.3) is 5.56 Å². The van der Waals surface area contributed by atoms with Gasteiger partial charge in [0.15, 0.2) is 0 Å². The molecule has 3 N–H and O–H groups in total. The number of benzene rings is 1. The third kappa shape index (κ3) is 1.99. The monoisotopic (exact) mass is 267 g/mol. The summed E-state index contributed by atoms with van der Waals surface area (Å²) in [4.78, 5) is 16.5. The van der Waals surface area contributed by atoms with E-state index in [2.05, 4.69) is 4.98 Å². The lowest BCUT2D eigenvalue weighted by atomic mass is 10.1. The number of nitrogens with zero attached hydrogens (tertiary/aromatic N) is 2. The summed E-state index contributed by atoms with van der Waals surface area (Å²) in [6.07, 6.45) is 0.315. The number of aromatic hydroxyl groups is 1. The third-order valence-corrected chi connectivity index (χ3v) is 3.17. The second-order valence-electron chi connectivity index (χ2n) is 4.53. The minimum Gasteiger partial charge on any atom is -0.493 e. The highest BCUT2D eigenvalue weighted by Crippen LogP contribution is 2.16. The zero-order valence-corrected chi connectivity index (χ0v) is 10.7. The fraction of sp³-hybridized carbons (Fsp3) is 0.0667. The Hall–Kier alpha value is -2.82. The summed E-state index contributed by atoms with van der Waals surface area (Å²) in [6, 6.07) is 14.4. The van der Waals surface area contributed by atoms with Gasteiger partial charge in [-0.1, -0.05) is 36.4 Å². The average Bonchev–Trinajstić information content (AvgIpc) is 2.44. The van der Waals surface area contributed by atoms with Crippen molar-refractivity contribution >= 4 is 11.5 Å². The number of rotatable bonds is 2. The molecule has 0 aliphatic rings. The summed E-state index contributed by atoms with van der Waals surface area (Å²) < 4.78 is 1.30. The van der Waals surface area contributed by atoms with Crippen LogP contribution < -0.4 is 11.3 Å². The maximum Gasteiger partial charge on any atom is 0.266 e. The first-order chi connectivity index (χ1) is 9.66. The molecule has 20 heavy (non-hydrogen) atoms. The van der Waals surface area contributed by atoms with E-state index in [1.807, 2.05) is 30.3 Å². The highest BCUT2D eigenvalue weighted by molar-refractivity contribution is 5.50. The van der Waals surface area contributed by atoms with Gasteiger partial charge in [0.05, 0.1) is 5.56 Å². The molecule has 2 heterocycles. The Kier molecular flexibility index (Phi) is 2.87. The van der Waals surface area contributed by atoms with E-state index in [4.69, 9.17) is 5.73 Å². The molecular weight excluding hydrogens is 254 g/mol. The standard InChI is InChI=1S/C15H13N3O2/c16-12-7-4-8-13-17-14(19)11(15(20)18(12)13)9-10-5-2-1-3-6-10/h1-8,19H,9,16H2. The summed E-state index contributed by atoms with van der Waals surface area (Å²) in [6.45, 7) is 0. The average molecular weight is 267 g/mol. The van der Waals surface area contributed by atoms with Crippen molar-refractivity contribution in [3.63, 3.8) is 0 Å². The van der Waals surface area contributed by atoms with E-state index < -0.39 is 0 Å². The normalized spacial score (nSPS) is 10.8. The molecule has 0 atom stereocenters. The van der Waals surface area contributed by atoms with Crippen LogP contribution in [0.4, 0.5) is 5.82 Å². The van der Waals surface area contributed by atoms with E-state index in [-0.39, 0.29) is 17.0 Å². The number of nitrogen functional groups attached to an aromatic ring is 1. The summed E-state index contributed by atoms with van der Waals surface area (Å²) in [5.41, 5.74) is 6.98. The smallest absolute Gasteiger partial charge is 0.266 e. The number of hydrogen-bond acceptors (Lipinski definition) is 4. The summed E-state index contributed by atoms with van der Waals surface area (Å²) in [5.74, 6) is 0.0544. The minimum absolute atomic E-state index is 0.242. The van der Waals surface area contributed by atoms with Crippen molar-refractivity contribution in [1.82, 2.24) is 9.38 Å². The predicted octanol–water partition coefficient (Wildman–Crippen LogP) is 1.57. The molecule has 0 aliphatic carbocycles. The second kappa shape index (κ2) is 4.70. The molecule has 2 aromatic heterocycles. The van der Waals surface area contributed by atoms with Crippen LogP contribution in [0, 0.1) is 0 Å². The highest BCUT2D eigenvalue weighted by atomic mass is 16.3. The molecule has 1 aromatic carbocycles. The molecule has 0 saturated carbocycles. The van der Waals surface area contributed by atoms with Gasteiger partial charge in [0.2, 0.25) is 5.88 Å². The minimum atomic E-state index is -0.338. The Balaban J connectivity index is 2.21. The summed E-state index contributed by atoms with van der Waals surface area (Å²) in [7, 11) is 0. The van der Waals surface area contributed by atoms with E-state index in [1.54, 1.807) is 18.2 Å². The van der Waals surface area contributed by atoms with Crippen molar-refractivity contribution in [2.75, 3.05) is 5.73 Å². The molecule has 0 aliphatic heterocycles. The molecule has 0 radical (unpaired) electrons. The first kappa shape index (κ1) is 12.2. The molecule has 5 nitrogen and oxygen atoms in total. The lowest BCUT2D eigenvalue weighted by Gasteiger charge is -2.08. The van der Waals surface area contributed by atoms with Crippen LogP contribution in [0.15, 0.2) is 53.3 Å². The van der Waals surface area contributed by atoms with E-state index >= 15 is 0 Å². The Bertz CT molecular complexity index is 826. The topological polar surface area (TPSA) is 80.6 Å². The van der Waals surface area contributed by atoms with Gasteiger partial charge in [0, 0.05) is 6.42 Å².